The molecule has 0 saturated heterocycles. The van der Waals surface area contributed by atoms with Gasteiger partial charge in [-0.15, -0.1) is 11.3 Å². The van der Waals surface area contributed by atoms with Crippen LogP contribution in [0.4, 0.5) is 0 Å². The molecule has 0 unspecified atom stereocenters. The Balaban J connectivity index is 1.99. The van der Waals surface area contributed by atoms with Gasteiger partial charge in [-0.2, -0.15) is 5.26 Å². The summed E-state index contributed by atoms with van der Waals surface area (Å²) in [5.74, 6) is 1.28. The molecular weight excluding hydrogens is 260 g/mol. The predicted molar refractivity (Wildman–Crippen MR) is 73.8 cm³/mol. The molecule has 5 heteroatoms. The van der Waals surface area contributed by atoms with Crippen LogP contribution in [-0.4, -0.2) is 18.7 Å². The van der Waals surface area contributed by atoms with E-state index in [0.717, 1.165) is 12.1 Å². The minimum absolute atomic E-state index is 0.531. The summed E-state index contributed by atoms with van der Waals surface area (Å²) in [4.78, 5) is 5.42. The lowest BCUT2D eigenvalue weighted by molar-refractivity contribution is 0.319. The highest BCUT2D eigenvalue weighted by atomic mass is 32.1. The van der Waals surface area contributed by atoms with E-state index >= 15 is 0 Å². The monoisotopic (exact) mass is 274 g/mol. The van der Waals surface area contributed by atoms with Gasteiger partial charge in [-0.3, -0.25) is 0 Å². The zero-order valence-electron chi connectivity index (χ0n) is 10.8. The standard InChI is InChI=1S/C14H14N2O2S/c1-10-14(19-9-16-10)3-4-18-13-6-11(8-15)5-12(7-13)17-2/h5-7,9H,3-4H2,1-2H3. The average Bonchev–Trinajstić information content (AvgIpc) is 2.84. The van der Waals surface area contributed by atoms with E-state index in [1.165, 1.54) is 4.88 Å². The lowest BCUT2D eigenvalue weighted by Crippen LogP contribution is -2.01. The summed E-state index contributed by atoms with van der Waals surface area (Å²) in [6.07, 6.45) is 0.815. The Morgan fingerprint density at radius 3 is 2.74 bits per heavy atom. The Morgan fingerprint density at radius 2 is 2.11 bits per heavy atom. The average molecular weight is 274 g/mol. The van der Waals surface area contributed by atoms with E-state index in [0.29, 0.717) is 23.7 Å². The topological polar surface area (TPSA) is 55.1 Å². The van der Waals surface area contributed by atoms with Crippen LogP contribution in [0.2, 0.25) is 0 Å². The number of thiazole rings is 1. The van der Waals surface area contributed by atoms with Crippen molar-refractivity contribution in [2.75, 3.05) is 13.7 Å². The molecule has 0 N–H and O–H groups in total. The van der Waals surface area contributed by atoms with Crippen LogP contribution in [0.1, 0.15) is 16.1 Å². The van der Waals surface area contributed by atoms with Crippen molar-refractivity contribution in [1.82, 2.24) is 4.98 Å². The van der Waals surface area contributed by atoms with E-state index < -0.39 is 0 Å². The molecule has 0 radical (unpaired) electrons. The van der Waals surface area contributed by atoms with Crippen molar-refractivity contribution in [3.8, 4) is 17.6 Å². The quantitative estimate of drug-likeness (QED) is 0.841. The number of nitriles is 1. The van der Waals surface area contributed by atoms with Gasteiger partial charge in [-0.25, -0.2) is 4.98 Å². The minimum atomic E-state index is 0.531. The van der Waals surface area contributed by atoms with Crippen LogP contribution in [0.25, 0.3) is 0 Å². The third kappa shape index (κ3) is 3.46. The molecule has 1 aromatic carbocycles. The summed E-state index contributed by atoms with van der Waals surface area (Å²) in [5, 5.41) is 8.93. The fourth-order valence-electron chi connectivity index (χ4n) is 1.67. The van der Waals surface area contributed by atoms with Crippen LogP contribution in [0.5, 0.6) is 11.5 Å². The maximum absolute atomic E-state index is 8.93. The van der Waals surface area contributed by atoms with Crippen LogP contribution < -0.4 is 9.47 Å². The molecule has 0 spiro atoms. The summed E-state index contributed by atoms with van der Waals surface area (Å²) in [6.45, 7) is 2.55. The van der Waals surface area contributed by atoms with Crippen molar-refractivity contribution >= 4 is 11.3 Å². The SMILES string of the molecule is COc1cc(C#N)cc(OCCc2scnc2C)c1. The zero-order valence-corrected chi connectivity index (χ0v) is 11.7. The molecule has 1 aromatic heterocycles. The largest absolute Gasteiger partial charge is 0.497 e. The molecule has 0 fully saturated rings. The van der Waals surface area contributed by atoms with Gasteiger partial charge in [0.25, 0.3) is 0 Å². The number of hydrogen-bond donors (Lipinski definition) is 0. The number of aryl methyl sites for hydroxylation is 1. The summed E-state index contributed by atoms with van der Waals surface area (Å²) in [6, 6.07) is 7.26. The molecule has 2 rings (SSSR count). The van der Waals surface area contributed by atoms with Gasteiger partial charge in [0, 0.05) is 17.4 Å². The molecule has 4 nitrogen and oxygen atoms in total. The van der Waals surface area contributed by atoms with E-state index in [1.807, 2.05) is 12.4 Å². The van der Waals surface area contributed by atoms with Crippen LogP contribution in [0.3, 0.4) is 0 Å². The first kappa shape index (κ1) is 13.4. The number of aromatic nitrogens is 1. The highest BCUT2D eigenvalue weighted by Gasteiger charge is 2.04. The molecular formula is C14H14N2O2S. The fraction of sp³-hybridized carbons (Fsp3) is 0.286. The number of hydrogen-bond acceptors (Lipinski definition) is 5. The minimum Gasteiger partial charge on any atom is -0.497 e. The Labute approximate surface area is 116 Å². The second-order valence-electron chi connectivity index (χ2n) is 3.97. The van der Waals surface area contributed by atoms with Crippen LogP contribution in [0.15, 0.2) is 23.7 Å². The van der Waals surface area contributed by atoms with E-state index in [1.54, 1.807) is 36.6 Å². The molecule has 98 valence electrons. The molecule has 0 atom stereocenters. The van der Waals surface area contributed by atoms with Gasteiger partial charge in [0.1, 0.15) is 11.5 Å². The van der Waals surface area contributed by atoms with Crippen LogP contribution in [0, 0.1) is 18.3 Å². The maximum atomic E-state index is 8.93. The third-order valence-electron chi connectivity index (χ3n) is 2.69. The number of rotatable bonds is 5. The lowest BCUT2D eigenvalue weighted by Gasteiger charge is -2.08. The molecule has 0 saturated carbocycles. The van der Waals surface area contributed by atoms with Gasteiger partial charge >= 0.3 is 0 Å². The van der Waals surface area contributed by atoms with Crippen molar-refractivity contribution in [1.29, 1.82) is 5.26 Å². The predicted octanol–water partition coefficient (Wildman–Crippen LogP) is 2.95. The normalized spacial score (nSPS) is 9.95. The summed E-state index contributed by atoms with van der Waals surface area (Å²) in [5.41, 5.74) is 3.42. The fourth-order valence-corrected chi connectivity index (χ4v) is 2.43. The Hall–Kier alpha value is -2.06. The molecule has 0 aliphatic carbocycles. The Morgan fingerprint density at radius 1 is 1.32 bits per heavy atom. The molecule has 0 bridgehead atoms. The van der Waals surface area contributed by atoms with Crippen molar-refractivity contribution in [3.05, 3.63) is 39.8 Å². The second kappa shape index (κ2) is 6.21. The van der Waals surface area contributed by atoms with E-state index in [9.17, 15) is 0 Å². The molecule has 0 amide bonds. The van der Waals surface area contributed by atoms with Gasteiger partial charge in [-0.05, 0) is 19.1 Å². The maximum Gasteiger partial charge on any atom is 0.124 e. The van der Waals surface area contributed by atoms with E-state index in [2.05, 4.69) is 11.1 Å². The number of ether oxygens (including phenoxy) is 2. The second-order valence-corrected chi connectivity index (χ2v) is 4.91. The Kier molecular flexibility index (Phi) is 4.37. The smallest absolute Gasteiger partial charge is 0.124 e. The lowest BCUT2D eigenvalue weighted by atomic mass is 10.2. The first-order valence-electron chi connectivity index (χ1n) is 5.84. The van der Waals surface area contributed by atoms with Gasteiger partial charge in [0.15, 0.2) is 0 Å². The number of methoxy groups -OCH3 is 1. The van der Waals surface area contributed by atoms with E-state index in [-0.39, 0.29) is 0 Å². The highest BCUT2D eigenvalue weighted by Crippen LogP contribution is 2.22. The number of benzene rings is 1. The molecule has 19 heavy (non-hydrogen) atoms. The third-order valence-corrected chi connectivity index (χ3v) is 3.68. The van der Waals surface area contributed by atoms with Crippen LogP contribution >= 0.6 is 11.3 Å². The van der Waals surface area contributed by atoms with E-state index in [4.69, 9.17) is 14.7 Å². The first-order valence-corrected chi connectivity index (χ1v) is 6.72. The number of nitrogens with zero attached hydrogens (tertiary/aromatic N) is 2. The Bertz CT molecular complexity index is 602. The molecule has 0 aliphatic rings. The summed E-state index contributed by atoms with van der Waals surface area (Å²) in [7, 11) is 1.57. The van der Waals surface area contributed by atoms with Gasteiger partial charge < -0.3 is 9.47 Å². The molecule has 2 aromatic rings. The van der Waals surface area contributed by atoms with Crippen molar-refractivity contribution in [3.63, 3.8) is 0 Å². The van der Waals surface area contributed by atoms with Gasteiger partial charge in [0.05, 0.1) is 36.6 Å². The summed E-state index contributed by atoms with van der Waals surface area (Å²) >= 11 is 1.63. The zero-order chi connectivity index (χ0) is 13.7. The van der Waals surface area contributed by atoms with Crippen molar-refractivity contribution in [2.24, 2.45) is 0 Å². The van der Waals surface area contributed by atoms with Crippen molar-refractivity contribution in [2.45, 2.75) is 13.3 Å². The molecule has 1 heterocycles. The molecule has 0 aliphatic heterocycles. The summed E-state index contributed by atoms with van der Waals surface area (Å²) < 4.78 is 10.8. The van der Waals surface area contributed by atoms with Gasteiger partial charge in [-0.1, -0.05) is 0 Å². The van der Waals surface area contributed by atoms with Crippen molar-refractivity contribution < 1.29 is 9.47 Å². The first-order chi connectivity index (χ1) is 9.22. The van der Waals surface area contributed by atoms with Gasteiger partial charge in [0.2, 0.25) is 0 Å². The van der Waals surface area contributed by atoms with Crippen LogP contribution in [-0.2, 0) is 6.42 Å². The highest BCUT2D eigenvalue weighted by molar-refractivity contribution is 7.09.